The average Bonchev–Trinajstić information content (AvgIpc) is 2.94. The minimum atomic E-state index is -4.31. The summed E-state index contributed by atoms with van der Waals surface area (Å²) in [6, 6.07) is 7.75. The molecule has 1 aliphatic carbocycles. The first-order valence-electron chi connectivity index (χ1n) is 4.64. The van der Waals surface area contributed by atoms with Crippen molar-refractivity contribution in [2.75, 3.05) is 0 Å². The van der Waals surface area contributed by atoms with Crippen LogP contribution in [-0.2, 0) is 5.41 Å². The molecule has 5 heteroatoms. The van der Waals surface area contributed by atoms with Crippen molar-refractivity contribution in [2.24, 2.45) is 5.92 Å². The van der Waals surface area contributed by atoms with E-state index >= 15 is 0 Å². The van der Waals surface area contributed by atoms with Gasteiger partial charge in [-0.15, -0.1) is 0 Å². The Hall–Kier alpha value is -1.21. The maximum Gasteiger partial charge on any atom is 0.393 e. The molecule has 0 N–H and O–H groups in total. The molecular formula is C11H7ClF3N. The molecule has 1 saturated carbocycles. The Labute approximate surface area is 95.4 Å². The molecule has 0 aromatic heterocycles. The summed E-state index contributed by atoms with van der Waals surface area (Å²) < 4.78 is 37.5. The normalized spacial score (nSPS) is 28.6. The van der Waals surface area contributed by atoms with Crippen molar-refractivity contribution in [3.05, 3.63) is 34.9 Å². The van der Waals surface area contributed by atoms with E-state index in [4.69, 9.17) is 16.9 Å². The van der Waals surface area contributed by atoms with Crippen LogP contribution in [0.2, 0.25) is 5.02 Å². The molecular weight excluding hydrogens is 239 g/mol. The highest BCUT2D eigenvalue weighted by Crippen LogP contribution is 2.60. The first kappa shape index (κ1) is 11.3. The highest BCUT2D eigenvalue weighted by molar-refractivity contribution is 6.30. The zero-order chi connectivity index (χ0) is 12.0. The van der Waals surface area contributed by atoms with E-state index in [9.17, 15) is 13.2 Å². The number of hydrogen-bond donors (Lipinski definition) is 0. The van der Waals surface area contributed by atoms with Crippen molar-refractivity contribution in [3.63, 3.8) is 0 Å². The Morgan fingerprint density at radius 1 is 1.31 bits per heavy atom. The van der Waals surface area contributed by atoms with Gasteiger partial charge in [0.25, 0.3) is 0 Å². The maximum absolute atomic E-state index is 12.5. The van der Waals surface area contributed by atoms with Crippen LogP contribution >= 0.6 is 11.6 Å². The Kier molecular flexibility index (Phi) is 2.39. The third kappa shape index (κ3) is 1.65. The minimum absolute atomic E-state index is 0.158. The van der Waals surface area contributed by atoms with E-state index in [1.54, 1.807) is 6.07 Å². The molecule has 2 atom stereocenters. The molecule has 0 spiro atoms. The summed E-state index contributed by atoms with van der Waals surface area (Å²) in [7, 11) is 0. The molecule has 1 aromatic rings. The molecule has 16 heavy (non-hydrogen) atoms. The summed E-state index contributed by atoms with van der Waals surface area (Å²) in [5.41, 5.74) is -1.01. The summed E-state index contributed by atoms with van der Waals surface area (Å²) in [6.45, 7) is 0. The lowest BCUT2D eigenvalue weighted by atomic mass is 9.95. The van der Waals surface area contributed by atoms with Gasteiger partial charge in [-0.3, -0.25) is 0 Å². The Bertz CT molecular complexity index is 446. The fourth-order valence-corrected chi connectivity index (χ4v) is 2.04. The van der Waals surface area contributed by atoms with Crippen LogP contribution in [0.1, 0.15) is 12.0 Å². The smallest absolute Gasteiger partial charge is 0.197 e. The Balaban J connectivity index is 2.34. The van der Waals surface area contributed by atoms with Gasteiger partial charge in [-0.1, -0.05) is 23.7 Å². The SMILES string of the molecule is N#C[C@@]1(c2ccc(Cl)cc2)C[C@H]1C(F)(F)F. The number of rotatable bonds is 1. The molecule has 1 aliphatic rings. The second-order valence-electron chi connectivity index (χ2n) is 3.89. The molecule has 0 radical (unpaired) electrons. The summed E-state index contributed by atoms with van der Waals surface area (Å²) >= 11 is 5.65. The second-order valence-corrected chi connectivity index (χ2v) is 4.32. The van der Waals surface area contributed by atoms with Gasteiger partial charge in [0.2, 0.25) is 0 Å². The van der Waals surface area contributed by atoms with Crippen LogP contribution in [0.4, 0.5) is 13.2 Å². The Morgan fingerprint density at radius 2 is 1.88 bits per heavy atom. The minimum Gasteiger partial charge on any atom is -0.197 e. The highest BCUT2D eigenvalue weighted by atomic mass is 35.5. The van der Waals surface area contributed by atoms with Gasteiger partial charge in [0.15, 0.2) is 0 Å². The number of nitrogens with zero attached hydrogens (tertiary/aromatic N) is 1. The molecule has 0 bridgehead atoms. The first-order chi connectivity index (χ1) is 7.40. The van der Waals surface area contributed by atoms with E-state index in [0.29, 0.717) is 10.6 Å². The van der Waals surface area contributed by atoms with Crippen LogP contribution in [0.5, 0.6) is 0 Å². The quantitative estimate of drug-likeness (QED) is 0.740. The second kappa shape index (κ2) is 3.39. The van der Waals surface area contributed by atoms with Crippen LogP contribution in [0, 0.1) is 17.2 Å². The van der Waals surface area contributed by atoms with Crippen LogP contribution < -0.4 is 0 Å². The largest absolute Gasteiger partial charge is 0.393 e. The molecule has 0 unspecified atom stereocenters. The molecule has 0 aliphatic heterocycles. The summed E-state index contributed by atoms with van der Waals surface area (Å²) in [5.74, 6) is -1.55. The summed E-state index contributed by atoms with van der Waals surface area (Å²) in [5, 5.41) is 9.38. The van der Waals surface area contributed by atoms with Gasteiger partial charge >= 0.3 is 6.18 Å². The zero-order valence-electron chi connectivity index (χ0n) is 8.05. The summed E-state index contributed by atoms with van der Waals surface area (Å²) in [6.07, 6.45) is -4.47. The lowest BCUT2D eigenvalue weighted by Gasteiger charge is -2.11. The topological polar surface area (TPSA) is 23.8 Å². The van der Waals surface area contributed by atoms with Crippen LogP contribution in [0.25, 0.3) is 0 Å². The number of halogens is 4. The zero-order valence-corrected chi connectivity index (χ0v) is 8.81. The van der Waals surface area contributed by atoms with Gasteiger partial charge in [-0.2, -0.15) is 18.4 Å². The van der Waals surface area contributed by atoms with Crippen molar-refractivity contribution in [3.8, 4) is 6.07 Å². The van der Waals surface area contributed by atoms with Gasteiger partial charge < -0.3 is 0 Å². The molecule has 0 amide bonds. The highest BCUT2D eigenvalue weighted by Gasteiger charge is 2.68. The third-order valence-corrected chi connectivity index (χ3v) is 3.17. The van der Waals surface area contributed by atoms with Crippen molar-refractivity contribution in [1.29, 1.82) is 5.26 Å². The van der Waals surface area contributed by atoms with Gasteiger partial charge in [0.05, 0.1) is 17.4 Å². The molecule has 1 aromatic carbocycles. The van der Waals surface area contributed by atoms with Crippen LogP contribution in [0.15, 0.2) is 24.3 Å². The van der Waals surface area contributed by atoms with Crippen molar-refractivity contribution >= 4 is 11.6 Å². The van der Waals surface area contributed by atoms with E-state index in [-0.39, 0.29) is 6.42 Å². The lowest BCUT2D eigenvalue weighted by molar-refractivity contribution is -0.150. The van der Waals surface area contributed by atoms with E-state index in [0.717, 1.165) is 0 Å². The number of alkyl halides is 3. The molecule has 84 valence electrons. The van der Waals surface area contributed by atoms with Crippen LogP contribution in [-0.4, -0.2) is 6.18 Å². The van der Waals surface area contributed by atoms with Crippen molar-refractivity contribution in [1.82, 2.24) is 0 Å². The maximum atomic E-state index is 12.5. The summed E-state index contributed by atoms with van der Waals surface area (Å²) in [4.78, 5) is 0. The molecule has 2 rings (SSSR count). The van der Waals surface area contributed by atoms with E-state index < -0.39 is 17.5 Å². The Morgan fingerprint density at radius 3 is 2.25 bits per heavy atom. The van der Waals surface area contributed by atoms with Crippen molar-refractivity contribution in [2.45, 2.75) is 18.0 Å². The molecule has 0 saturated heterocycles. The van der Waals surface area contributed by atoms with Gasteiger partial charge in [0, 0.05) is 5.02 Å². The fraction of sp³-hybridized carbons (Fsp3) is 0.364. The third-order valence-electron chi connectivity index (χ3n) is 2.91. The lowest BCUT2D eigenvalue weighted by Crippen LogP contribution is -2.19. The van der Waals surface area contributed by atoms with E-state index in [1.165, 1.54) is 24.3 Å². The van der Waals surface area contributed by atoms with Gasteiger partial charge in [0.1, 0.15) is 0 Å². The molecule has 0 heterocycles. The van der Waals surface area contributed by atoms with E-state index in [2.05, 4.69) is 0 Å². The van der Waals surface area contributed by atoms with Crippen LogP contribution in [0.3, 0.4) is 0 Å². The number of hydrogen-bond acceptors (Lipinski definition) is 1. The monoisotopic (exact) mass is 245 g/mol. The fourth-order valence-electron chi connectivity index (χ4n) is 1.91. The molecule has 1 nitrogen and oxygen atoms in total. The number of benzene rings is 1. The van der Waals surface area contributed by atoms with Gasteiger partial charge in [-0.05, 0) is 24.1 Å². The predicted molar refractivity (Wildman–Crippen MR) is 52.9 cm³/mol. The van der Waals surface area contributed by atoms with Crippen molar-refractivity contribution < 1.29 is 13.2 Å². The van der Waals surface area contributed by atoms with Gasteiger partial charge in [-0.25, -0.2) is 0 Å². The first-order valence-corrected chi connectivity index (χ1v) is 5.02. The molecule has 1 fully saturated rings. The standard InChI is InChI=1S/C11H7ClF3N/c12-8-3-1-7(2-4-8)10(6-16)5-9(10)11(13,14)15/h1-4,9H,5H2/t9-,10-/m1/s1. The number of nitriles is 1. The van der Waals surface area contributed by atoms with E-state index in [1.807, 2.05) is 0 Å². The average molecular weight is 246 g/mol. The predicted octanol–water partition coefficient (Wildman–Crippen LogP) is 3.68.